The molecule has 1 aliphatic rings. The van der Waals surface area contributed by atoms with Crippen LogP contribution in [0.5, 0.6) is 0 Å². The summed E-state index contributed by atoms with van der Waals surface area (Å²) in [6, 6.07) is 0. The van der Waals surface area contributed by atoms with Crippen LogP contribution in [0.2, 0.25) is 0 Å². The van der Waals surface area contributed by atoms with Gasteiger partial charge in [0.05, 0.1) is 6.54 Å². The Labute approximate surface area is 102 Å². The van der Waals surface area contributed by atoms with Gasteiger partial charge >= 0.3 is 6.09 Å². The van der Waals surface area contributed by atoms with Crippen LogP contribution in [0.25, 0.3) is 0 Å². The lowest BCUT2D eigenvalue weighted by molar-refractivity contribution is 0.0141. The number of carbonyl (C=O) groups is 1. The zero-order valence-electron chi connectivity index (χ0n) is 11.0. The number of rotatable bonds is 1. The first-order valence-electron chi connectivity index (χ1n) is 6.13. The highest BCUT2D eigenvalue weighted by Crippen LogP contribution is 2.25. The van der Waals surface area contributed by atoms with Gasteiger partial charge in [-0.2, -0.15) is 0 Å². The van der Waals surface area contributed by atoms with Crippen molar-refractivity contribution in [3.05, 3.63) is 0 Å². The Bertz CT molecular complexity index is 278. The molecule has 0 aromatic heterocycles. The van der Waals surface area contributed by atoms with Gasteiger partial charge in [-0.05, 0) is 40.0 Å². The van der Waals surface area contributed by atoms with E-state index in [2.05, 4.69) is 0 Å². The van der Waals surface area contributed by atoms with Crippen LogP contribution in [-0.2, 0) is 4.74 Å². The molecule has 1 fully saturated rings. The van der Waals surface area contributed by atoms with Crippen molar-refractivity contribution >= 4 is 6.09 Å². The number of halogens is 1. The maximum atomic E-state index is 14.2. The fourth-order valence-electron chi connectivity index (χ4n) is 1.89. The lowest BCUT2D eigenvalue weighted by Gasteiger charge is -2.30. The summed E-state index contributed by atoms with van der Waals surface area (Å²) < 4.78 is 19.5. The highest BCUT2D eigenvalue weighted by Gasteiger charge is 2.35. The average Bonchev–Trinajstić information content (AvgIpc) is 2.39. The minimum Gasteiger partial charge on any atom is -0.444 e. The highest BCUT2D eigenvalue weighted by molar-refractivity contribution is 5.68. The van der Waals surface area contributed by atoms with Crippen molar-refractivity contribution in [1.82, 2.24) is 4.90 Å². The second-order valence-corrected chi connectivity index (χ2v) is 5.71. The first kappa shape index (κ1) is 14.2. The largest absolute Gasteiger partial charge is 0.444 e. The van der Waals surface area contributed by atoms with E-state index >= 15 is 0 Å². The lowest BCUT2D eigenvalue weighted by Crippen LogP contribution is -2.47. The topological polar surface area (TPSA) is 55.6 Å². The molecular weight excluding hydrogens is 223 g/mol. The molecule has 1 rings (SSSR count). The predicted octanol–water partition coefficient (Wildman–Crippen LogP) is 2.07. The molecule has 0 radical (unpaired) electrons. The molecule has 17 heavy (non-hydrogen) atoms. The van der Waals surface area contributed by atoms with E-state index in [-0.39, 0.29) is 13.1 Å². The molecule has 100 valence electrons. The Hall–Kier alpha value is -0.840. The molecule has 0 aromatic carbocycles. The van der Waals surface area contributed by atoms with Gasteiger partial charge in [0.1, 0.15) is 11.3 Å². The number of nitrogens with zero attached hydrogens (tertiary/aromatic N) is 1. The molecule has 0 spiro atoms. The Balaban J connectivity index is 2.66. The number of amides is 1. The molecule has 1 heterocycles. The number of hydrogen-bond donors (Lipinski definition) is 1. The van der Waals surface area contributed by atoms with E-state index in [0.29, 0.717) is 13.0 Å². The number of likely N-dealkylation sites (tertiary alicyclic amines) is 1. The maximum Gasteiger partial charge on any atom is 0.410 e. The number of alkyl halides is 1. The maximum absolute atomic E-state index is 14.2. The van der Waals surface area contributed by atoms with Crippen LogP contribution in [-0.4, -0.2) is 41.9 Å². The van der Waals surface area contributed by atoms with Gasteiger partial charge in [-0.3, -0.25) is 0 Å². The van der Waals surface area contributed by atoms with E-state index in [1.807, 2.05) is 0 Å². The van der Waals surface area contributed by atoms with Crippen molar-refractivity contribution in [2.75, 3.05) is 19.6 Å². The summed E-state index contributed by atoms with van der Waals surface area (Å²) in [5.74, 6) is 0. The third kappa shape index (κ3) is 4.50. The second-order valence-electron chi connectivity index (χ2n) is 5.71. The van der Waals surface area contributed by atoms with Gasteiger partial charge < -0.3 is 15.4 Å². The van der Waals surface area contributed by atoms with E-state index in [1.165, 1.54) is 4.90 Å². The molecule has 1 saturated heterocycles. The van der Waals surface area contributed by atoms with Crippen LogP contribution in [0.3, 0.4) is 0 Å². The quantitative estimate of drug-likeness (QED) is 0.770. The van der Waals surface area contributed by atoms with Crippen LogP contribution in [0.4, 0.5) is 9.18 Å². The van der Waals surface area contributed by atoms with E-state index in [4.69, 9.17) is 10.5 Å². The molecular formula is C12H23FN2O2. The van der Waals surface area contributed by atoms with Gasteiger partial charge in [-0.1, -0.05) is 0 Å². The molecule has 0 bridgehead atoms. The molecule has 5 heteroatoms. The first-order valence-corrected chi connectivity index (χ1v) is 6.13. The molecule has 0 aromatic rings. The van der Waals surface area contributed by atoms with E-state index < -0.39 is 17.4 Å². The Morgan fingerprint density at radius 1 is 1.47 bits per heavy atom. The number of nitrogens with two attached hydrogens (primary N) is 1. The smallest absolute Gasteiger partial charge is 0.410 e. The number of hydrogen-bond acceptors (Lipinski definition) is 3. The van der Waals surface area contributed by atoms with Gasteiger partial charge in [0.25, 0.3) is 0 Å². The Morgan fingerprint density at radius 2 is 2.12 bits per heavy atom. The molecule has 4 nitrogen and oxygen atoms in total. The van der Waals surface area contributed by atoms with Crippen molar-refractivity contribution in [3.63, 3.8) is 0 Å². The summed E-state index contributed by atoms with van der Waals surface area (Å²) in [6.07, 6.45) is 1.52. The van der Waals surface area contributed by atoms with Gasteiger partial charge in [0.15, 0.2) is 0 Å². The Kier molecular flexibility index (Phi) is 4.36. The summed E-state index contributed by atoms with van der Waals surface area (Å²) in [4.78, 5) is 13.3. The normalized spacial score (nSPS) is 26.5. The summed E-state index contributed by atoms with van der Waals surface area (Å²) in [5.41, 5.74) is 3.43. The summed E-state index contributed by atoms with van der Waals surface area (Å²) in [6.45, 7) is 5.93. The Morgan fingerprint density at radius 3 is 2.65 bits per heavy atom. The third-order valence-electron chi connectivity index (χ3n) is 2.79. The minimum atomic E-state index is -1.46. The van der Waals surface area contributed by atoms with Gasteiger partial charge in [-0.15, -0.1) is 0 Å². The second kappa shape index (κ2) is 5.21. The van der Waals surface area contributed by atoms with E-state index in [9.17, 15) is 9.18 Å². The number of ether oxygens (including phenoxy) is 1. The van der Waals surface area contributed by atoms with Gasteiger partial charge in [0, 0.05) is 13.1 Å². The minimum absolute atomic E-state index is 0.0401. The van der Waals surface area contributed by atoms with Crippen LogP contribution >= 0.6 is 0 Å². The van der Waals surface area contributed by atoms with Crippen LogP contribution in [0.15, 0.2) is 0 Å². The lowest BCUT2D eigenvalue weighted by atomic mass is 10.0. The van der Waals surface area contributed by atoms with Crippen molar-refractivity contribution < 1.29 is 13.9 Å². The summed E-state index contributed by atoms with van der Waals surface area (Å²) in [5, 5.41) is 0. The van der Waals surface area contributed by atoms with Crippen molar-refractivity contribution in [3.8, 4) is 0 Å². The zero-order valence-corrected chi connectivity index (χ0v) is 11.0. The fourth-order valence-corrected chi connectivity index (χ4v) is 1.89. The van der Waals surface area contributed by atoms with Gasteiger partial charge in [-0.25, -0.2) is 9.18 Å². The third-order valence-corrected chi connectivity index (χ3v) is 2.79. The van der Waals surface area contributed by atoms with E-state index in [0.717, 1.165) is 12.8 Å². The standard InChI is InChI=1S/C12H23FN2O2/c1-11(2,3)17-10(16)15-7-5-4-6-12(13,8-14)9-15/h4-9,14H2,1-3H3/t12-/m0/s1. The van der Waals surface area contributed by atoms with Crippen LogP contribution in [0.1, 0.15) is 40.0 Å². The molecule has 1 atom stereocenters. The monoisotopic (exact) mass is 246 g/mol. The van der Waals surface area contributed by atoms with Crippen molar-refractivity contribution in [2.24, 2.45) is 5.73 Å². The molecule has 1 amide bonds. The summed E-state index contributed by atoms with van der Waals surface area (Å²) >= 11 is 0. The summed E-state index contributed by atoms with van der Waals surface area (Å²) in [7, 11) is 0. The van der Waals surface area contributed by atoms with Gasteiger partial charge in [0.2, 0.25) is 0 Å². The first-order chi connectivity index (χ1) is 7.76. The van der Waals surface area contributed by atoms with Crippen LogP contribution < -0.4 is 5.73 Å². The molecule has 0 aliphatic carbocycles. The molecule has 2 N–H and O–H groups in total. The van der Waals surface area contributed by atoms with E-state index in [1.54, 1.807) is 20.8 Å². The molecule has 1 aliphatic heterocycles. The SMILES string of the molecule is CC(C)(C)OC(=O)N1CCCC[C@](F)(CN)C1. The zero-order chi connectivity index (χ0) is 13.1. The molecule has 0 saturated carbocycles. The fraction of sp³-hybridized carbons (Fsp3) is 0.917. The van der Waals surface area contributed by atoms with Crippen molar-refractivity contribution in [2.45, 2.75) is 51.3 Å². The predicted molar refractivity (Wildman–Crippen MR) is 64.6 cm³/mol. The van der Waals surface area contributed by atoms with Crippen molar-refractivity contribution in [1.29, 1.82) is 0 Å². The molecule has 0 unspecified atom stereocenters. The average molecular weight is 246 g/mol. The number of carbonyl (C=O) groups excluding carboxylic acids is 1. The highest BCUT2D eigenvalue weighted by atomic mass is 19.1. The van der Waals surface area contributed by atoms with Crippen LogP contribution in [0, 0.1) is 0 Å².